The number of H-pyrrole nitrogens is 1. The van der Waals surface area contributed by atoms with E-state index in [9.17, 15) is 9.18 Å². The summed E-state index contributed by atoms with van der Waals surface area (Å²) in [5.74, 6) is -0.245. The van der Waals surface area contributed by atoms with Gasteiger partial charge in [-0.15, -0.1) is 0 Å². The number of aldehydes is 1. The summed E-state index contributed by atoms with van der Waals surface area (Å²) in [6.07, 6.45) is 4.50. The first kappa shape index (κ1) is 13.8. The molecule has 2 aromatic heterocycles. The van der Waals surface area contributed by atoms with Gasteiger partial charge in [-0.1, -0.05) is 0 Å². The van der Waals surface area contributed by atoms with Crippen LogP contribution < -0.4 is 0 Å². The first-order valence-corrected chi connectivity index (χ1v) is 7.43. The van der Waals surface area contributed by atoms with E-state index >= 15 is 0 Å². The minimum Gasteiger partial charge on any atom is -0.354 e. The molecule has 2 aromatic carbocycles. The number of carbonyl (C=O) groups is 1. The number of hydrogen-bond acceptors (Lipinski definition) is 1. The summed E-state index contributed by atoms with van der Waals surface area (Å²) in [6, 6.07) is 8.66. The van der Waals surface area contributed by atoms with Crippen molar-refractivity contribution < 1.29 is 9.18 Å². The number of fused-ring (bicyclic) bond motifs is 3. The van der Waals surface area contributed by atoms with Crippen LogP contribution in [0.5, 0.6) is 0 Å². The van der Waals surface area contributed by atoms with Gasteiger partial charge in [0.1, 0.15) is 5.82 Å². The molecule has 4 heteroatoms. The Kier molecular flexibility index (Phi) is 2.88. The van der Waals surface area contributed by atoms with Crippen LogP contribution in [0.3, 0.4) is 0 Å². The Morgan fingerprint density at radius 3 is 2.74 bits per heavy atom. The molecule has 3 nitrogen and oxygen atoms in total. The molecule has 4 rings (SSSR count). The molecule has 0 atom stereocenters. The third-order valence-electron chi connectivity index (χ3n) is 4.40. The van der Waals surface area contributed by atoms with E-state index in [0.29, 0.717) is 5.56 Å². The smallest absolute Gasteiger partial charge is 0.151 e. The van der Waals surface area contributed by atoms with Crippen molar-refractivity contribution in [3.8, 4) is 5.69 Å². The third-order valence-corrected chi connectivity index (χ3v) is 4.40. The Balaban J connectivity index is 2.10. The van der Waals surface area contributed by atoms with E-state index in [1.54, 1.807) is 24.4 Å². The molecule has 0 saturated heterocycles. The zero-order valence-corrected chi connectivity index (χ0v) is 12.9. The van der Waals surface area contributed by atoms with Crippen LogP contribution in [0.2, 0.25) is 0 Å². The zero-order chi connectivity index (χ0) is 16.1. The maximum atomic E-state index is 13.7. The van der Waals surface area contributed by atoms with E-state index in [2.05, 4.69) is 11.1 Å². The van der Waals surface area contributed by atoms with Crippen LogP contribution >= 0.6 is 0 Å². The average molecular weight is 306 g/mol. The van der Waals surface area contributed by atoms with E-state index in [4.69, 9.17) is 0 Å². The molecule has 0 aliphatic carbocycles. The van der Waals surface area contributed by atoms with Crippen molar-refractivity contribution in [3.05, 3.63) is 65.2 Å². The fourth-order valence-electron chi connectivity index (χ4n) is 3.26. The van der Waals surface area contributed by atoms with Crippen LogP contribution in [0.4, 0.5) is 4.39 Å². The number of nitrogens with zero attached hydrogens (tertiary/aromatic N) is 1. The van der Waals surface area contributed by atoms with Gasteiger partial charge in [0.2, 0.25) is 0 Å². The Morgan fingerprint density at radius 1 is 1.17 bits per heavy atom. The van der Waals surface area contributed by atoms with E-state index in [0.717, 1.165) is 44.9 Å². The molecule has 0 aliphatic heterocycles. The lowest BCUT2D eigenvalue weighted by atomic mass is 10.0. The van der Waals surface area contributed by atoms with Gasteiger partial charge in [-0.05, 0) is 55.3 Å². The first-order valence-electron chi connectivity index (χ1n) is 7.43. The van der Waals surface area contributed by atoms with Gasteiger partial charge in [-0.2, -0.15) is 0 Å². The average Bonchev–Trinajstić information content (AvgIpc) is 3.15. The lowest BCUT2D eigenvalue weighted by Gasteiger charge is -2.11. The van der Waals surface area contributed by atoms with Crippen molar-refractivity contribution in [1.82, 2.24) is 9.55 Å². The fraction of sp³-hybridized carbons (Fsp3) is 0.105. The summed E-state index contributed by atoms with van der Waals surface area (Å²) in [5, 5.41) is 1.90. The second kappa shape index (κ2) is 4.81. The van der Waals surface area contributed by atoms with Crippen LogP contribution in [0.25, 0.3) is 27.5 Å². The molecule has 0 amide bonds. The molecule has 0 unspecified atom stereocenters. The van der Waals surface area contributed by atoms with Gasteiger partial charge in [0.25, 0.3) is 0 Å². The van der Waals surface area contributed by atoms with Gasteiger partial charge in [-0.3, -0.25) is 4.79 Å². The molecule has 2 heterocycles. The predicted molar refractivity (Wildman–Crippen MR) is 90.0 cm³/mol. The minimum absolute atomic E-state index is 0.245. The lowest BCUT2D eigenvalue weighted by molar-refractivity contribution is 0.112. The van der Waals surface area contributed by atoms with Crippen molar-refractivity contribution in [3.63, 3.8) is 0 Å². The number of hydrogen-bond donors (Lipinski definition) is 1. The van der Waals surface area contributed by atoms with Gasteiger partial charge >= 0.3 is 0 Å². The molecular formula is C19H15FN2O. The number of aryl methyl sites for hydroxylation is 2. The highest BCUT2D eigenvalue weighted by Crippen LogP contribution is 2.34. The molecule has 0 bridgehead atoms. The molecule has 0 fully saturated rings. The largest absolute Gasteiger partial charge is 0.354 e. The first-order chi connectivity index (χ1) is 11.1. The van der Waals surface area contributed by atoms with Crippen molar-refractivity contribution in [2.24, 2.45) is 0 Å². The summed E-state index contributed by atoms with van der Waals surface area (Å²) in [4.78, 5) is 14.3. The van der Waals surface area contributed by atoms with E-state index in [-0.39, 0.29) is 5.82 Å². The summed E-state index contributed by atoms with van der Waals surface area (Å²) in [6.45, 7) is 4.05. The van der Waals surface area contributed by atoms with Crippen molar-refractivity contribution in [2.45, 2.75) is 13.8 Å². The quantitative estimate of drug-likeness (QED) is 0.536. The van der Waals surface area contributed by atoms with Crippen molar-refractivity contribution in [1.29, 1.82) is 0 Å². The minimum atomic E-state index is -0.245. The van der Waals surface area contributed by atoms with Gasteiger partial charge in [0, 0.05) is 45.5 Å². The molecule has 4 aromatic rings. The van der Waals surface area contributed by atoms with Crippen molar-refractivity contribution in [2.75, 3.05) is 0 Å². The highest BCUT2D eigenvalue weighted by Gasteiger charge is 2.14. The molecule has 0 saturated carbocycles. The van der Waals surface area contributed by atoms with Gasteiger partial charge in [0.15, 0.2) is 6.29 Å². The van der Waals surface area contributed by atoms with Crippen LogP contribution in [0.1, 0.15) is 21.5 Å². The molecule has 23 heavy (non-hydrogen) atoms. The van der Waals surface area contributed by atoms with Gasteiger partial charge in [0.05, 0.1) is 0 Å². The Hall–Kier alpha value is -2.88. The number of carbonyl (C=O) groups excluding carboxylic acids is 1. The van der Waals surface area contributed by atoms with Crippen LogP contribution in [0, 0.1) is 19.7 Å². The zero-order valence-electron chi connectivity index (χ0n) is 12.9. The number of benzene rings is 2. The third kappa shape index (κ3) is 1.99. The molecule has 0 radical (unpaired) electrons. The van der Waals surface area contributed by atoms with E-state index in [1.165, 1.54) is 6.07 Å². The molecular weight excluding hydrogens is 291 g/mol. The Bertz CT molecular complexity index is 1070. The fourth-order valence-corrected chi connectivity index (χ4v) is 3.26. The Labute approximate surface area is 132 Å². The highest BCUT2D eigenvalue weighted by atomic mass is 19.1. The van der Waals surface area contributed by atoms with Crippen LogP contribution in [0.15, 0.2) is 42.7 Å². The Morgan fingerprint density at radius 2 is 2.00 bits per heavy atom. The second-order valence-corrected chi connectivity index (χ2v) is 5.87. The predicted octanol–water partition coefficient (Wildman–Crippen LogP) is 4.68. The summed E-state index contributed by atoms with van der Waals surface area (Å²) >= 11 is 0. The molecule has 1 N–H and O–H groups in total. The lowest BCUT2D eigenvalue weighted by Crippen LogP contribution is -1.96. The van der Waals surface area contributed by atoms with Gasteiger partial charge < -0.3 is 9.55 Å². The second-order valence-electron chi connectivity index (χ2n) is 5.87. The standard InChI is InChI=1S/C19H15FN2O/c1-11-7-17(22-6-5-13(9-22)10-23)12(2)18-15-8-14(20)3-4-16(15)21-19(11)18/h3-10,21H,1-2H3. The maximum Gasteiger partial charge on any atom is 0.151 e. The number of aromatic nitrogens is 2. The molecule has 0 aliphatic rings. The summed E-state index contributed by atoms with van der Waals surface area (Å²) in [7, 11) is 0. The topological polar surface area (TPSA) is 37.8 Å². The van der Waals surface area contributed by atoms with Crippen LogP contribution in [-0.4, -0.2) is 15.8 Å². The normalized spacial score (nSPS) is 11.4. The SMILES string of the molecule is Cc1cc(-n2ccc(C=O)c2)c(C)c2c1[nH]c1ccc(F)cc12. The number of rotatable bonds is 2. The number of nitrogens with one attached hydrogen (secondary N) is 1. The molecule has 114 valence electrons. The highest BCUT2D eigenvalue weighted by molar-refractivity contribution is 6.10. The van der Waals surface area contributed by atoms with E-state index in [1.807, 2.05) is 24.6 Å². The van der Waals surface area contributed by atoms with E-state index < -0.39 is 0 Å². The van der Waals surface area contributed by atoms with Crippen molar-refractivity contribution >= 4 is 28.1 Å². The maximum absolute atomic E-state index is 13.7. The number of halogens is 1. The summed E-state index contributed by atoms with van der Waals surface area (Å²) in [5.41, 5.74) is 5.70. The van der Waals surface area contributed by atoms with Crippen LogP contribution in [-0.2, 0) is 0 Å². The summed E-state index contributed by atoms with van der Waals surface area (Å²) < 4.78 is 15.6. The monoisotopic (exact) mass is 306 g/mol. The molecule has 0 spiro atoms. The van der Waals surface area contributed by atoms with Gasteiger partial charge in [-0.25, -0.2) is 4.39 Å². The number of aromatic amines is 1.